The summed E-state index contributed by atoms with van der Waals surface area (Å²) in [7, 11) is 1.74. The van der Waals surface area contributed by atoms with Crippen LogP contribution in [0.3, 0.4) is 0 Å². The Labute approximate surface area is 144 Å². The molecule has 0 saturated carbocycles. The van der Waals surface area contributed by atoms with Crippen LogP contribution in [0, 0.1) is 5.92 Å². The van der Waals surface area contributed by atoms with Crippen molar-refractivity contribution in [2.24, 2.45) is 5.92 Å². The topological polar surface area (TPSA) is 70.7 Å². The van der Waals surface area contributed by atoms with Crippen molar-refractivity contribution in [1.29, 1.82) is 0 Å². The van der Waals surface area contributed by atoms with Crippen LogP contribution in [-0.4, -0.2) is 43.6 Å². The Bertz CT molecular complexity index is 532. The van der Waals surface area contributed by atoms with Gasteiger partial charge in [0.2, 0.25) is 5.91 Å². The highest BCUT2D eigenvalue weighted by molar-refractivity contribution is 5.89. The van der Waals surface area contributed by atoms with E-state index in [4.69, 9.17) is 4.74 Å². The Morgan fingerprint density at radius 3 is 2.67 bits per heavy atom. The summed E-state index contributed by atoms with van der Waals surface area (Å²) in [5.74, 6) is 0.624. The molecule has 2 N–H and O–H groups in total. The Morgan fingerprint density at radius 2 is 2.00 bits per heavy atom. The third-order valence-corrected chi connectivity index (χ3v) is 3.51. The molecule has 3 amide bonds. The summed E-state index contributed by atoms with van der Waals surface area (Å²) in [4.78, 5) is 24.7. The Balaban J connectivity index is 2.32. The van der Waals surface area contributed by atoms with Gasteiger partial charge in [-0.15, -0.1) is 0 Å². The number of ether oxygens (including phenoxy) is 1. The highest BCUT2D eigenvalue weighted by atomic mass is 16.5. The fraction of sp³-hybridized carbons (Fsp3) is 0.556. The van der Waals surface area contributed by atoms with Crippen LogP contribution in [0.1, 0.15) is 32.8 Å². The van der Waals surface area contributed by atoms with Crippen LogP contribution in [0.5, 0.6) is 0 Å². The van der Waals surface area contributed by atoms with Crippen LogP contribution >= 0.6 is 0 Å². The van der Waals surface area contributed by atoms with Crippen LogP contribution in [0.15, 0.2) is 24.3 Å². The van der Waals surface area contributed by atoms with Gasteiger partial charge >= 0.3 is 6.03 Å². The first-order valence-electron chi connectivity index (χ1n) is 8.31. The SMILES string of the molecule is CC(=O)N(C)Cc1cccc(NC(=O)NCCOCCC(C)C)c1. The van der Waals surface area contributed by atoms with Crippen molar-refractivity contribution >= 4 is 17.6 Å². The molecule has 0 unspecified atom stereocenters. The molecule has 1 aromatic carbocycles. The van der Waals surface area contributed by atoms with Gasteiger partial charge in [-0.25, -0.2) is 4.79 Å². The summed E-state index contributed by atoms with van der Waals surface area (Å²) in [5.41, 5.74) is 1.66. The van der Waals surface area contributed by atoms with E-state index in [-0.39, 0.29) is 11.9 Å². The van der Waals surface area contributed by atoms with Crippen molar-refractivity contribution in [1.82, 2.24) is 10.2 Å². The summed E-state index contributed by atoms with van der Waals surface area (Å²) in [6.07, 6.45) is 1.02. The molecule has 0 aliphatic rings. The molecule has 6 nitrogen and oxygen atoms in total. The molecular formula is C18H29N3O3. The fourth-order valence-corrected chi connectivity index (χ4v) is 1.97. The van der Waals surface area contributed by atoms with Gasteiger partial charge in [-0.05, 0) is 30.0 Å². The highest BCUT2D eigenvalue weighted by Gasteiger charge is 2.05. The zero-order valence-electron chi connectivity index (χ0n) is 15.1. The van der Waals surface area contributed by atoms with E-state index in [2.05, 4.69) is 24.5 Å². The van der Waals surface area contributed by atoms with Gasteiger partial charge in [0, 0.05) is 39.4 Å². The predicted octanol–water partition coefficient (Wildman–Crippen LogP) is 2.85. The Hall–Kier alpha value is -2.08. The molecule has 0 aliphatic heterocycles. The molecular weight excluding hydrogens is 306 g/mol. The lowest BCUT2D eigenvalue weighted by molar-refractivity contribution is -0.128. The number of nitrogens with zero attached hydrogens (tertiary/aromatic N) is 1. The van der Waals surface area contributed by atoms with Crippen molar-refractivity contribution in [2.45, 2.75) is 33.7 Å². The number of hydrogen-bond donors (Lipinski definition) is 2. The molecule has 0 radical (unpaired) electrons. The van der Waals surface area contributed by atoms with Gasteiger partial charge in [-0.2, -0.15) is 0 Å². The first-order valence-corrected chi connectivity index (χ1v) is 8.31. The summed E-state index contributed by atoms with van der Waals surface area (Å²) in [6, 6.07) is 7.19. The minimum absolute atomic E-state index is 0.00331. The number of amides is 3. The number of hydrogen-bond acceptors (Lipinski definition) is 3. The first-order chi connectivity index (χ1) is 11.4. The van der Waals surface area contributed by atoms with E-state index in [1.165, 1.54) is 6.92 Å². The third-order valence-electron chi connectivity index (χ3n) is 3.51. The maximum atomic E-state index is 11.9. The molecule has 0 bridgehead atoms. The lowest BCUT2D eigenvalue weighted by atomic mass is 10.1. The van der Waals surface area contributed by atoms with Gasteiger partial charge in [0.25, 0.3) is 0 Å². The number of benzene rings is 1. The zero-order chi connectivity index (χ0) is 17.9. The molecule has 0 aromatic heterocycles. The van der Waals surface area contributed by atoms with Gasteiger partial charge in [0.05, 0.1) is 6.61 Å². The molecule has 134 valence electrons. The van der Waals surface area contributed by atoms with Crippen LogP contribution in [0.2, 0.25) is 0 Å². The summed E-state index contributed by atoms with van der Waals surface area (Å²) in [5, 5.41) is 5.54. The van der Waals surface area contributed by atoms with E-state index in [0.29, 0.717) is 37.9 Å². The predicted molar refractivity (Wildman–Crippen MR) is 95.9 cm³/mol. The lowest BCUT2D eigenvalue weighted by Gasteiger charge is -2.15. The van der Waals surface area contributed by atoms with Gasteiger partial charge < -0.3 is 20.3 Å². The molecule has 24 heavy (non-hydrogen) atoms. The Morgan fingerprint density at radius 1 is 1.25 bits per heavy atom. The molecule has 6 heteroatoms. The second kappa shape index (κ2) is 10.6. The van der Waals surface area contributed by atoms with Crippen molar-refractivity contribution in [2.75, 3.05) is 32.1 Å². The normalized spacial score (nSPS) is 10.5. The first kappa shape index (κ1) is 20.0. The number of carbonyl (C=O) groups excluding carboxylic acids is 2. The van der Waals surface area contributed by atoms with E-state index in [0.717, 1.165) is 12.0 Å². The summed E-state index contributed by atoms with van der Waals surface area (Å²) < 4.78 is 5.45. The third kappa shape index (κ3) is 8.53. The van der Waals surface area contributed by atoms with E-state index in [1.54, 1.807) is 11.9 Å². The van der Waals surface area contributed by atoms with Crippen LogP contribution in [0.25, 0.3) is 0 Å². The smallest absolute Gasteiger partial charge is 0.319 e. The second-order valence-corrected chi connectivity index (χ2v) is 6.25. The zero-order valence-corrected chi connectivity index (χ0v) is 15.1. The maximum absolute atomic E-state index is 11.9. The molecule has 0 spiro atoms. The lowest BCUT2D eigenvalue weighted by Crippen LogP contribution is -2.31. The summed E-state index contributed by atoms with van der Waals surface area (Å²) >= 11 is 0. The van der Waals surface area contributed by atoms with E-state index in [1.807, 2.05) is 24.3 Å². The minimum atomic E-state index is -0.264. The molecule has 0 aliphatic carbocycles. The van der Waals surface area contributed by atoms with Crippen molar-refractivity contribution in [3.63, 3.8) is 0 Å². The maximum Gasteiger partial charge on any atom is 0.319 e. The van der Waals surface area contributed by atoms with E-state index < -0.39 is 0 Å². The molecule has 0 atom stereocenters. The average molecular weight is 335 g/mol. The van der Waals surface area contributed by atoms with E-state index >= 15 is 0 Å². The second-order valence-electron chi connectivity index (χ2n) is 6.25. The molecule has 0 fully saturated rings. The quantitative estimate of drug-likeness (QED) is 0.682. The number of carbonyl (C=O) groups is 2. The van der Waals surface area contributed by atoms with Crippen LogP contribution in [0.4, 0.5) is 10.5 Å². The standard InChI is InChI=1S/C18H29N3O3/c1-14(2)8-10-24-11-9-19-18(23)20-17-7-5-6-16(12-17)13-21(4)15(3)22/h5-7,12,14H,8-11,13H2,1-4H3,(H2,19,20,23). The van der Waals surface area contributed by atoms with Crippen molar-refractivity contribution in [3.8, 4) is 0 Å². The number of nitrogens with one attached hydrogen (secondary N) is 2. The van der Waals surface area contributed by atoms with Gasteiger partial charge in [-0.3, -0.25) is 4.79 Å². The highest BCUT2D eigenvalue weighted by Crippen LogP contribution is 2.12. The molecule has 1 rings (SSSR count). The van der Waals surface area contributed by atoms with Crippen LogP contribution in [-0.2, 0) is 16.1 Å². The van der Waals surface area contributed by atoms with Crippen molar-refractivity contribution in [3.05, 3.63) is 29.8 Å². The number of anilines is 1. The van der Waals surface area contributed by atoms with E-state index in [9.17, 15) is 9.59 Å². The van der Waals surface area contributed by atoms with Crippen LogP contribution < -0.4 is 10.6 Å². The fourth-order valence-electron chi connectivity index (χ4n) is 1.97. The average Bonchev–Trinajstić information content (AvgIpc) is 2.50. The summed E-state index contributed by atoms with van der Waals surface area (Å²) in [6.45, 7) is 8.02. The van der Waals surface area contributed by atoms with Gasteiger partial charge in [0.15, 0.2) is 0 Å². The molecule has 0 saturated heterocycles. The Kier molecular flexibility index (Phi) is 8.86. The largest absolute Gasteiger partial charge is 0.380 e. The number of rotatable bonds is 9. The molecule has 0 heterocycles. The minimum Gasteiger partial charge on any atom is -0.380 e. The molecule has 1 aromatic rings. The monoisotopic (exact) mass is 335 g/mol. The van der Waals surface area contributed by atoms with Crippen molar-refractivity contribution < 1.29 is 14.3 Å². The van der Waals surface area contributed by atoms with Gasteiger partial charge in [0.1, 0.15) is 0 Å². The number of urea groups is 1. The van der Waals surface area contributed by atoms with Gasteiger partial charge in [-0.1, -0.05) is 26.0 Å².